The molecule has 10 heteroatoms. The predicted octanol–water partition coefficient (Wildman–Crippen LogP) is 4.49. The molecule has 0 saturated heterocycles. The summed E-state index contributed by atoms with van der Waals surface area (Å²) in [5.41, 5.74) is 5.88. The van der Waals surface area contributed by atoms with Crippen LogP contribution in [0.2, 0.25) is 0 Å². The van der Waals surface area contributed by atoms with Crippen LogP contribution in [0.25, 0.3) is 5.52 Å². The zero-order chi connectivity index (χ0) is 25.9. The number of aromatic nitrogens is 2. The standard InChI is InChI=1S/C26H26FN5O3S/c1-4-31(5-2)36(34,35)21-13-14-24(28-16-21)30-29-17-22-18(3)25(32-15-7-6-8-23(22)32)26(33)19-9-11-20(27)12-10-19/h6-17H,4-5H2,1-3H3,(H,28,30)/b29-17+. The van der Waals surface area contributed by atoms with E-state index in [1.54, 1.807) is 36.7 Å². The molecule has 1 aromatic carbocycles. The number of fused-ring (bicyclic) bond motifs is 1. The SMILES string of the molecule is CCN(CC)S(=O)(=O)c1ccc(N/N=C/c2c(C)c(C(=O)c3ccc(F)cc3)n3ccccc23)nc1. The molecule has 0 fully saturated rings. The van der Waals surface area contributed by atoms with Gasteiger partial charge >= 0.3 is 0 Å². The molecule has 0 spiro atoms. The lowest BCUT2D eigenvalue weighted by Crippen LogP contribution is -2.30. The molecule has 1 N–H and O–H groups in total. The number of hydrogen-bond donors (Lipinski definition) is 1. The maximum atomic E-state index is 13.3. The minimum absolute atomic E-state index is 0.110. The Morgan fingerprint density at radius 1 is 1.11 bits per heavy atom. The Morgan fingerprint density at radius 2 is 1.83 bits per heavy atom. The smallest absolute Gasteiger partial charge is 0.244 e. The summed E-state index contributed by atoms with van der Waals surface area (Å²) in [6.07, 6.45) is 4.68. The fourth-order valence-electron chi connectivity index (χ4n) is 4.01. The van der Waals surface area contributed by atoms with Crippen molar-refractivity contribution in [3.8, 4) is 0 Å². The number of hydrazone groups is 1. The lowest BCUT2D eigenvalue weighted by atomic mass is 10.0. The normalized spacial score (nSPS) is 12.0. The van der Waals surface area contributed by atoms with Gasteiger partial charge in [0.1, 0.15) is 16.5 Å². The summed E-state index contributed by atoms with van der Waals surface area (Å²) >= 11 is 0. The average molecular weight is 508 g/mol. The topological polar surface area (TPSA) is 96.1 Å². The first-order valence-corrected chi connectivity index (χ1v) is 12.9. The molecule has 3 aromatic heterocycles. The number of nitrogens with one attached hydrogen (secondary N) is 1. The number of hydrogen-bond acceptors (Lipinski definition) is 6. The minimum Gasteiger partial charge on any atom is -0.313 e. The number of carbonyl (C=O) groups is 1. The number of nitrogens with zero attached hydrogens (tertiary/aromatic N) is 4. The van der Waals surface area contributed by atoms with Crippen LogP contribution in [-0.2, 0) is 10.0 Å². The third-order valence-electron chi connectivity index (χ3n) is 5.91. The summed E-state index contributed by atoms with van der Waals surface area (Å²) in [7, 11) is -3.59. The van der Waals surface area contributed by atoms with Crippen molar-refractivity contribution in [2.75, 3.05) is 18.5 Å². The molecule has 186 valence electrons. The molecule has 8 nitrogen and oxygen atoms in total. The monoisotopic (exact) mass is 507 g/mol. The molecule has 0 radical (unpaired) electrons. The van der Waals surface area contributed by atoms with E-state index >= 15 is 0 Å². The van der Waals surface area contributed by atoms with Gasteiger partial charge in [-0.15, -0.1) is 0 Å². The molecular formula is C26H26FN5O3S. The molecule has 0 aliphatic carbocycles. The number of ketones is 1. The summed E-state index contributed by atoms with van der Waals surface area (Å²) in [6, 6.07) is 14.0. The molecule has 0 amide bonds. The van der Waals surface area contributed by atoms with Gasteiger partial charge < -0.3 is 4.40 Å². The highest BCUT2D eigenvalue weighted by Gasteiger charge is 2.22. The Morgan fingerprint density at radius 3 is 2.47 bits per heavy atom. The summed E-state index contributed by atoms with van der Waals surface area (Å²) < 4.78 is 41.7. The molecule has 36 heavy (non-hydrogen) atoms. The summed E-state index contributed by atoms with van der Waals surface area (Å²) in [5, 5.41) is 4.27. The van der Waals surface area contributed by atoms with Gasteiger partial charge in [-0.25, -0.2) is 17.8 Å². The lowest BCUT2D eigenvalue weighted by molar-refractivity contribution is 0.103. The molecule has 0 saturated carbocycles. The van der Waals surface area contributed by atoms with Crippen molar-refractivity contribution >= 4 is 33.4 Å². The van der Waals surface area contributed by atoms with Gasteiger partial charge in [-0.05, 0) is 61.0 Å². The number of halogens is 1. The van der Waals surface area contributed by atoms with Gasteiger partial charge in [0.25, 0.3) is 0 Å². The van der Waals surface area contributed by atoms with Crippen molar-refractivity contribution in [1.82, 2.24) is 13.7 Å². The van der Waals surface area contributed by atoms with Gasteiger partial charge in [-0.2, -0.15) is 9.41 Å². The fraction of sp³-hybridized carbons (Fsp3) is 0.192. The van der Waals surface area contributed by atoms with E-state index in [1.807, 2.05) is 25.1 Å². The Labute approximate surface area is 209 Å². The number of sulfonamides is 1. The summed E-state index contributed by atoms with van der Waals surface area (Å²) in [6.45, 7) is 6.15. The van der Waals surface area contributed by atoms with E-state index in [0.29, 0.717) is 30.2 Å². The average Bonchev–Trinajstić information content (AvgIpc) is 3.16. The van der Waals surface area contributed by atoms with Gasteiger partial charge in [0.2, 0.25) is 15.8 Å². The van der Waals surface area contributed by atoms with Crippen molar-refractivity contribution in [3.05, 3.63) is 95.2 Å². The molecule has 0 atom stereocenters. The quantitative estimate of drug-likeness (QED) is 0.205. The zero-order valence-corrected chi connectivity index (χ0v) is 21.0. The first kappa shape index (κ1) is 25.2. The maximum absolute atomic E-state index is 13.3. The van der Waals surface area contributed by atoms with Gasteiger partial charge in [0.05, 0.1) is 17.4 Å². The van der Waals surface area contributed by atoms with Crippen LogP contribution in [0.15, 0.2) is 77.0 Å². The molecular weight excluding hydrogens is 481 g/mol. The van der Waals surface area contributed by atoms with E-state index in [2.05, 4.69) is 15.5 Å². The van der Waals surface area contributed by atoms with Crippen molar-refractivity contribution in [2.45, 2.75) is 25.7 Å². The van der Waals surface area contributed by atoms with E-state index in [9.17, 15) is 17.6 Å². The molecule has 4 rings (SSSR count). The zero-order valence-electron chi connectivity index (χ0n) is 20.1. The van der Waals surface area contributed by atoms with E-state index in [0.717, 1.165) is 16.6 Å². The summed E-state index contributed by atoms with van der Waals surface area (Å²) in [5.74, 6) is -0.268. The van der Waals surface area contributed by atoms with Gasteiger partial charge in [-0.1, -0.05) is 19.9 Å². The number of carbonyl (C=O) groups excluding carboxylic acids is 1. The van der Waals surface area contributed by atoms with E-state index < -0.39 is 15.8 Å². The Hall–Kier alpha value is -3.89. The van der Waals surface area contributed by atoms with E-state index in [-0.39, 0.29) is 10.7 Å². The van der Waals surface area contributed by atoms with Crippen molar-refractivity contribution in [2.24, 2.45) is 5.10 Å². The number of anilines is 1. The second-order valence-corrected chi connectivity index (χ2v) is 9.96. The molecule has 0 aliphatic rings. The van der Waals surface area contributed by atoms with Crippen LogP contribution in [-0.4, -0.2) is 47.2 Å². The fourth-order valence-corrected chi connectivity index (χ4v) is 5.42. The maximum Gasteiger partial charge on any atom is 0.244 e. The third kappa shape index (κ3) is 4.77. The Bertz CT molecular complexity index is 1520. The predicted molar refractivity (Wildman–Crippen MR) is 138 cm³/mol. The molecule has 0 aliphatic heterocycles. The first-order chi connectivity index (χ1) is 17.3. The van der Waals surface area contributed by atoms with Crippen LogP contribution in [0.3, 0.4) is 0 Å². The van der Waals surface area contributed by atoms with Gasteiger partial charge in [-0.3, -0.25) is 10.2 Å². The van der Waals surface area contributed by atoms with Crippen molar-refractivity contribution in [3.63, 3.8) is 0 Å². The molecule has 0 unspecified atom stereocenters. The third-order valence-corrected chi connectivity index (χ3v) is 7.94. The van der Waals surface area contributed by atoms with Crippen molar-refractivity contribution < 1.29 is 17.6 Å². The van der Waals surface area contributed by atoms with Crippen LogP contribution in [0, 0.1) is 12.7 Å². The van der Waals surface area contributed by atoms with Crippen LogP contribution < -0.4 is 5.43 Å². The van der Waals surface area contributed by atoms with Crippen LogP contribution in [0.4, 0.5) is 10.2 Å². The molecule has 0 bridgehead atoms. The van der Waals surface area contributed by atoms with Crippen molar-refractivity contribution in [1.29, 1.82) is 0 Å². The summed E-state index contributed by atoms with van der Waals surface area (Å²) in [4.78, 5) is 17.5. The molecule has 3 heterocycles. The Kier molecular flexibility index (Phi) is 7.27. The van der Waals surface area contributed by atoms with Crippen LogP contribution in [0.5, 0.6) is 0 Å². The highest BCUT2D eigenvalue weighted by atomic mass is 32.2. The van der Waals surface area contributed by atoms with Crippen LogP contribution >= 0.6 is 0 Å². The highest BCUT2D eigenvalue weighted by molar-refractivity contribution is 7.89. The second kappa shape index (κ2) is 10.4. The molecule has 4 aromatic rings. The van der Waals surface area contributed by atoms with Crippen LogP contribution in [0.1, 0.15) is 41.0 Å². The number of pyridine rings is 2. The highest BCUT2D eigenvalue weighted by Crippen LogP contribution is 2.24. The number of benzene rings is 1. The number of rotatable bonds is 9. The van der Waals surface area contributed by atoms with E-state index in [4.69, 9.17) is 0 Å². The van der Waals surface area contributed by atoms with E-state index in [1.165, 1.54) is 40.8 Å². The minimum atomic E-state index is -3.59. The first-order valence-electron chi connectivity index (χ1n) is 11.4. The largest absolute Gasteiger partial charge is 0.313 e. The second-order valence-electron chi connectivity index (χ2n) is 8.02. The lowest BCUT2D eigenvalue weighted by Gasteiger charge is -2.18. The van der Waals surface area contributed by atoms with Gasteiger partial charge in [0.15, 0.2) is 0 Å². The Balaban J connectivity index is 1.60. The van der Waals surface area contributed by atoms with Gasteiger partial charge in [0, 0.05) is 36.6 Å².